The lowest BCUT2D eigenvalue weighted by Crippen LogP contribution is -2.61. The zero-order valence-electron chi connectivity index (χ0n) is 77.0. The molecule has 6 fully saturated rings. The summed E-state index contributed by atoms with van der Waals surface area (Å²) in [6.45, 7) is 48.7. The maximum atomic E-state index is 14.6. The molecule has 0 heterocycles. The summed E-state index contributed by atoms with van der Waals surface area (Å²) in [7, 11) is -11.8. The van der Waals surface area contributed by atoms with E-state index in [1.807, 2.05) is 94.4 Å². The molecule has 0 radical (unpaired) electrons. The Morgan fingerprint density at radius 2 is 0.917 bits per heavy atom. The number of rotatable bonds is 25. The van der Waals surface area contributed by atoms with Gasteiger partial charge in [-0.25, -0.2) is 0 Å². The largest absolute Gasteiger partial charge is 0.438 e. The summed E-state index contributed by atoms with van der Waals surface area (Å²) < 4.78 is 204. The van der Waals surface area contributed by atoms with Gasteiger partial charge >= 0.3 is 35.9 Å². The third-order valence-electron chi connectivity index (χ3n) is 27.8. The molecular formula is C94H147F12O10PSi4. The van der Waals surface area contributed by atoms with Gasteiger partial charge in [0.2, 0.25) is 0 Å². The smallest absolute Gasteiger partial charge is 0.414 e. The van der Waals surface area contributed by atoms with Gasteiger partial charge in [0, 0.05) is 42.0 Å². The number of ketones is 1. The first-order valence-electron chi connectivity index (χ1n) is 43.9. The van der Waals surface area contributed by atoms with E-state index in [0.29, 0.717) is 83.2 Å². The van der Waals surface area contributed by atoms with E-state index >= 15 is 0 Å². The number of Topliss-reactive ketones (excluding diaryl/α,β-unsaturated/α-hetero) is 1. The SMILES string of the molecule is CC(C)(C)[Si](C)(C)O[C@@H]1CC(=CCP(=O)(c2ccccc2)c2ccccc2)C[C@@H](O[Si](C)(C)C(C)(C)C)C1.CC(C)(CCCC(C)(CC#CC(O[Si](C)(C)C)(C(F)(F)F)C(F)(F)F)[C@H]1CCC2C(=O)CCC[C@@]21C)O[Si](C)(C)C.CC(C)(O)CCCC(C)(CC#CC(O)(C(F)(F)F)C(F)(F)F)[C@H]1CCC2/C(=C/C=C3C[C@@H](O)C[C@H](O)C3)CCC[C@@]21C. The minimum atomic E-state index is -6.00. The van der Waals surface area contributed by atoms with Crippen LogP contribution in [0.2, 0.25) is 75.5 Å². The van der Waals surface area contributed by atoms with Crippen LogP contribution >= 0.6 is 7.14 Å². The standard InChI is InChI=1S/C32H46F6O4.C32H51O3PSi2.C30H50F6O3Si2/c1-27(2,41)13-6-14-28(3,15-7-17-30(42,31(33,34)35)32(36,37)38)26-12-11-25-22(8-5-16-29(25,26)4)10-9-21-18-23(39)20-24(40)19-21;1-31(2,3)37(7,8)34-27-23-26(24-28(25-27)35-38(9,10)32(4,5)6)21-22-36(33,29-17-13-11-14-18-29)30-19-15-12-16-20-30;1-25(2,38-40(5,6)7)17-12-18-26(3,24-16-15-22-23(37)14-11-20-27(22,24)4)19-13-21-28(29(31,32)33,30(34,35)36)39-41(8,9)10/h9-10,23-26,39-42H,5-6,8,11-16,18-20H2,1-4H3;11-21,27-28H,22-25H2,1-10H3;22,24H,11-12,14-20H2,1-10H3/b22-10+;;/t23-,24-,25?,26-,28?,29+;27-,28-;22?,24-,26?,27+/m111/s1. The molecule has 6 saturated carbocycles. The number of carbonyl (C=O) groups excluding carboxylic acids is 1. The number of hydrogen-bond donors (Lipinski definition) is 4. The number of aliphatic hydroxyl groups excluding tert-OH is 2. The van der Waals surface area contributed by atoms with Gasteiger partial charge in [0.05, 0.1) is 35.6 Å². The molecule has 4 N–H and O–H groups in total. The van der Waals surface area contributed by atoms with Crippen molar-refractivity contribution >= 4 is 56.8 Å². The molecule has 2 aromatic rings. The first kappa shape index (κ1) is 106. The Balaban J connectivity index is 0.000000282. The first-order chi connectivity index (χ1) is 54.7. The van der Waals surface area contributed by atoms with Crippen molar-refractivity contribution in [3.05, 3.63) is 95.6 Å². The fraction of sp³-hybridized carbons (Fsp3) is 0.755. The highest BCUT2D eigenvalue weighted by Crippen LogP contribution is 2.65. The fourth-order valence-corrected chi connectivity index (χ4v) is 28.3. The Hall–Kier alpha value is -3.61. The van der Waals surface area contributed by atoms with Crippen molar-refractivity contribution in [1.29, 1.82) is 0 Å². The maximum Gasteiger partial charge on any atom is 0.438 e. The third-order valence-corrected chi connectivity index (χ3v) is 42.0. The Labute approximate surface area is 721 Å². The van der Waals surface area contributed by atoms with E-state index in [0.717, 1.165) is 80.4 Å². The minimum absolute atomic E-state index is 0.0503. The number of alkyl halides is 12. The molecule has 0 bridgehead atoms. The van der Waals surface area contributed by atoms with Gasteiger partial charge in [-0.1, -0.05) is 190 Å². The highest BCUT2D eigenvalue weighted by Gasteiger charge is 2.74. The molecule has 688 valence electrons. The quantitative estimate of drug-likeness (QED) is 0.0249. The number of carbonyl (C=O) groups is 1. The van der Waals surface area contributed by atoms with Gasteiger partial charge in [-0.05, 0) is 276 Å². The van der Waals surface area contributed by atoms with Gasteiger partial charge in [-0.15, -0.1) is 0 Å². The molecule has 0 saturated heterocycles. The predicted molar refractivity (Wildman–Crippen MR) is 474 cm³/mol. The van der Waals surface area contributed by atoms with Crippen molar-refractivity contribution in [2.45, 2.75) is 398 Å². The molecule has 8 rings (SSSR count). The summed E-state index contributed by atoms with van der Waals surface area (Å²) in [5, 5.41) is 42.1. The number of halogens is 12. The summed E-state index contributed by atoms with van der Waals surface area (Å²) >= 11 is 0. The lowest BCUT2D eigenvalue weighted by Gasteiger charge is -2.49. The molecule has 6 aliphatic rings. The first-order valence-corrected chi connectivity index (χ1v) is 58.4. The molecule has 0 aliphatic heterocycles. The number of fused-ring (bicyclic) bond motifs is 2. The number of hydrogen-bond acceptors (Lipinski definition) is 10. The highest BCUT2D eigenvalue weighted by molar-refractivity contribution is 7.78. The highest BCUT2D eigenvalue weighted by atomic mass is 31.2. The van der Waals surface area contributed by atoms with Crippen LogP contribution in [0.5, 0.6) is 0 Å². The van der Waals surface area contributed by atoms with Crippen LogP contribution in [0.25, 0.3) is 0 Å². The molecule has 27 heteroatoms. The molecular weight excluding hydrogens is 1660 g/mol. The molecule has 12 atom stereocenters. The van der Waals surface area contributed by atoms with E-state index < -0.39 is 111 Å². The van der Waals surface area contributed by atoms with Crippen molar-refractivity contribution in [1.82, 2.24) is 0 Å². The van der Waals surface area contributed by atoms with E-state index in [1.54, 1.807) is 19.8 Å². The van der Waals surface area contributed by atoms with Crippen molar-refractivity contribution in [3.63, 3.8) is 0 Å². The Morgan fingerprint density at radius 1 is 0.504 bits per heavy atom. The topological polar surface area (TPSA) is 152 Å². The summed E-state index contributed by atoms with van der Waals surface area (Å²) in [6, 6.07) is 20.0. The molecule has 121 heavy (non-hydrogen) atoms. The van der Waals surface area contributed by atoms with Gasteiger partial charge in [-0.2, -0.15) is 52.7 Å². The van der Waals surface area contributed by atoms with Gasteiger partial charge in [0.25, 0.3) is 0 Å². The molecule has 4 unspecified atom stereocenters. The molecule has 0 aromatic heterocycles. The van der Waals surface area contributed by atoms with Crippen LogP contribution in [0.15, 0.2) is 95.6 Å². The molecule has 0 amide bonds. The van der Waals surface area contributed by atoms with Gasteiger partial charge in [-0.3, -0.25) is 4.79 Å². The maximum absolute atomic E-state index is 14.6. The van der Waals surface area contributed by atoms with Crippen LogP contribution < -0.4 is 10.6 Å². The minimum Gasteiger partial charge on any atom is -0.414 e. The van der Waals surface area contributed by atoms with Gasteiger partial charge in [0.1, 0.15) is 12.9 Å². The average molecular weight is 1810 g/mol. The monoisotopic (exact) mass is 1810 g/mol. The lowest BCUT2D eigenvalue weighted by molar-refractivity contribution is -0.343. The number of aliphatic hydroxyl groups is 4. The van der Waals surface area contributed by atoms with Gasteiger partial charge < -0.3 is 42.7 Å². The zero-order chi connectivity index (χ0) is 92.1. The van der Waals surface area contributed by atoms with E-state index in [-0.39, 0.29) is 75.4 Å². The van der Waals surface area contributed by atoms with Crippen LogP contribution in [0.3, 0.4) is 0 Å². The summed E-state index contributed by atoms with van der Waals surface area (Å²) in [4.78, 5) is 12.8. The summed E-state index contributed by atoms with van der Waals surface area (Å²) in [5.74, 6) is 7.46. The second kappa shape index (κ2) is 39.4. The van der Waals surface area contributed by atoms with Crippen LogP contribution in [0, 0.1) is 69.0 Å². The predicted octanol–water partition coefficient (Wildman–Crippen LogP) is 25.7. The summed E-state index contributed by atoms with van der Waals surface area (Å²) in [5.41, 5.74) is -9.54. The number of benzene rings is 2. The van der Waals surface area contributed by atoms with Crippen molar-refractivity contribution in [2.24, 2.45) is 45.3 Å². The average Bonchev–Trinajstić information content (AvgIpc) is 1.74. The van der Waals surface area contributed by atoms with Crippen LogP contribution in [-0.4, -0.2) is 137 Å². The molecule has 2 aromatic carbocycles. The van der Waals surface area contributed by atoms with Crippen molar-refractivity contribution in [2.75, 3.05) is 6.16 Å². The van der Waals surface area contributed by atoms with E-state index in [1.165, 1.54) is 36.7 Å². The second-order valence-corrected chi connectivity index (χ2v) is 64.8. The Bertz CT molecular complexity index is 3910. The Kier molecular flexibility index (Phi) is 34.5. The molecule has 6 aliphatic carbocycles. The van der Waals surface area contributed by atoms with Crippen molar-refractivity contribution in [3.8, 4) is 23.7 Å². The fourth-order valence-electron chi connectivity index (χ4n) is 20.1. The van der Waals surface area contributed by atoms with Crippen LogP contribution in [0.4, 0.5) is 52.7 Å². The van der Waals surface area contributed by atoms with Crippen LogP contribution in [-0.2, 0) is 27.1 Å². The lowest BCUT2D eigenvalue weighted by atomic mass is 9.55. The van der Waals surface area contributed by atoms with Crippen molar-refractivity contribution < 1.29 is 100 Å². The van der Waals surface area contributed by atoms with E-state index in [9.17, 15) is 82.5 Å². The molecule has 0 spiro atoms. The summed E-state index contributed by atoms with van der Waals surface area (Å²) in [6.07, 6.45) is -2.86. The number of allylic oxidation sites excluding steroid dienone is 4. The normalized spacial score (nSPS) is 26.2. The third kappa shape index (κ3) is 27.5. The van der Waals surface area contributed by atoms with E-state index in [4.69, 9.17) is 17.7 Å². The Morgan fingerprint density at radius 3 is 1.33 bits per heavy atom. The van der Waals surface area contributed by atoms with Crippen LogP contribution in [0.1, 0.15) is 251 Å². The zero-order valence-corrected chi connectivity index (χ0v) is 81.9. The van der Waals surface area contributed by atoms with Gasteiger partial charge in [0.15, 0.2) is 33.3 Å². The molecule has 10 nitrogen and oxygen atoms in total. The second-order valence-electron chi connectivity index (χ2n) is 43.5. The van der Waals surface area contributed by atoms with E-state index in [2.05, 4.69) is 125 Å².